The third kappa shape index (κ3) is 3.44. The number of rotatable bonds is 4. The van der Waals surface area contributed by atoms with Crippen LogP contribution in [0.4, 0.5) is 0 Å². The van der Waals surface area contributed by atoms with E-state index in [0.29, 0.717) is 6.61 Å². The van der Waals surface area contributed by atoms with Crippen LogP contribution in [-0.4, -0.2) is 51.1 Å². The lowest BCUT2D eigenvalue weighted by Crippen LogP contribution is -2.44. The predicted octanol–water partition coefficient (Wildman–Crippen LogP) is 2.02. The van der Waals surface area contributed by atoms with Gasteiger partial charge in [-0.2, -0.15) is 5.10 Å². The summed E-state index contributed by atoms with van der Waals surface area (Å²) in [6.45, 7) is 3.78. The number of pyridine rings is 1. The Bertz CT molecular complexity index is 665. The second-order valence-corrected chi connectivity index (χ2v) is 6.93. The predicted molar refractivity (Wildman–Crippen MR) is 89.7 cm³/mol. The van der Waals surface area contributed by atoms with Gasteiger partial charge in [0.15, 0.2) is 0 Å². The lowest BCUT2D eigenvalue weighted by molar-refractivity contribution is -0.0454. The van der Waals surface area contributed by atoms with Gasteiger partial charge in [0.2, 0.25) is 0 Å². The molecule has 2 aromatic heterocycles. The van der Waals surface area contributed by atoms with E-state index in [1.807, 2.05) is 30.1 Å². The SMILES string of the molecule is Cn1cc(CN2CCC3(CC2)CC(Oc2cccnc2)CO3)cn1. The maximum atomic E-state index is 6.18. The Labute approximate surface area is 142 Å². The van der Waals surface area contributed by atoms with E-state index in [4.69, 9.17) is 9.47 Å². The van der Waals surface area contributed by atoms with Gasteiger partial charge in [0, 0.05) is 51.1 Å². The first-order valence-corrected chi connectivity index (χ1v) is 8.61. The van der Waals surface area contributed by atoms with Crippen LogP contribution in [0.5, 0.6) is 5.75 Å². The van der Waals surface area contributed by atoms with Crippen LogP contribution in [0.15, 0.2) is 36.9 Å². The molecule has 1 unspecified atom stereocenters. The Balaban J connectivity index is 1.29. The van der Waals surface area contributed by atoms with Crippen LogP contribution in [0.1, 0.15) is 24.8 Å². The Morgan fingerprint density at radius 2 is 2.21 bits per heavy atom. The maximum absolute atomic E-state index is 6.18. The van der Waals surface area contributed by atoms with Crippen molar-refractivity contribution < 1.29 is 9.47 Å². The van der Waals surface area contributed by atoms with Crippen molar-refractivity contribution in [3.63, 3.8) is 0 Å². The summed E-state index contributed by atoms with van der Waals surface area (Å²) in [5, 5.41) is 4.25. The van der Waals surface area contributed by atoms with Gasteiger partial charge in [0.1, 0.15) is 11.9 Å². The molecule has 2 aliphatic rings. The number of likely N-dealkylation sites (tertiary alicyclic amines) is 1. The fraction of sp³-hybridized carbons (Fsp3) is 0.556. The molecular formula is C18H24N4O2. The first-order valence-electron chi connectivity index (χ1n) is 8.61. The monoisotopic (exact) mass is 328 g/mol. The molecule has 2 aromatic rings. The summed E-state index contributed by atoms with van der Waals surface area (Å²) in [5.74, 6) is 0.831. The Hall–Kier alpha value is -1.92. The van der Waals surface area contributed by atoms with Crippen LogP contribution in [-0.2, 0) is 18.3 Å². The molecule has 0 amide bonds. The highest BCUT2D eigenvalue weighted by Gasteiger charge is 2.43. The number of aromatic nitrogens is 3. The minimum absolute atomic E-state index is 0.00167. The van der Waals surface area contributed by atoms with E-state index in [0.717, 1.165) is 44.6 Å². The second-order valence-electron chi connectivity index (χ2n) is 6.93. The maximum Gasteiger partial charge on any atom is 0.138 e. The van der Waals surface area contributed by atoms with Crippen molar-refractivity contribution in [1.82, 2.24) is 19.7 Å². The highest BCUT2D eigenvalue weighted by Crippen LogP contribution is 2.37. The molecule has 2 aliphatic heterocycles. The molecule has 1 spiro atoms. The molecule has 1 atom stereocenters. The first-order chi connectivity index (χ1) is 11.7. The van der Waals surface area contributed by atoms with Gasteiger partial charge < -0.3 is 9.47 Å². The topological polar surface area (TPSA) is 52.4 Å². The number of nitrogens with zero attached hydrogens (tertiary/aromatic N) is 4. The number of hydrogen-bond acceptors (Lipinski definition) is 5. The number of aryl methyl sites for hydroxylation is 1. The van der Waals surface area contributed by atoms with Crippen LogP contribution in [0.25, 0.3) is 0 Å². The van der Waals surface area contributed by atoms with Gasteiger partial charge >= 0.3 is 0 Å². The lowest BCUT2D eigenvalue weighted by Gasteiger charge is -2.38. The standard InChI is InChI=1S/C18H24N4O2/c1-21-12-15(10-20-21)13-22-7-4-18(5-8-22)9-17(14-23-18)24-16-3-2-6-19-11-16/h2-3,6,10-12,17H,4-5,7-9,13-14H2,1H3. The van der Waals surface area contributed by atoms with Crippen LogP contribution in [0.2, 0.25) is 0 Å². The van der Waals surface area contributed by atoms with Gasteiger partial charge in [-0.3, -0.25) is 14.6 Å². The Morgan fingerprint density at radius 3 is 2.92 bits per heavy atom. The minimum Gasteiger partial charge on any atom is -0.486 e. The van der Waals surface area contributed by atoms with Gasteiger partial charge in [-0.1, -0.05) is 0 Å². The van der Waals surface area contributed by atoms with E-state index in [9.17, 15) is 0 Å². The number of piperidine rings is 1. The zero-order valence-corrected chi connectivity index (χ0v) is 14.1. The molecule has 0 bridgehead atoms. The highest BCUT2D eigenvalue weighted by molar-refractivity contribution is 5.16. The van der Waals surface area contributed by atoms with Crippen molar-refractivity contribution in [3.8, 4) is 5.75 Å². The minimum atomic E-state index is -0.00167. The van der Waals surface area contributed by atoms with E-state index in [2.05, 4.69) is 21.2 Å². The van der Waals surface area contributed by atoms with Crippen LogP contribution in [0, 0.1) is 0 Å². The summed E-state index contributed by atoms with van der Waals surface area (Å²) in [5.41, 5.74) is 1.27. The molecular weight excluding hydrogens is 304 g/mol. The lowest BCUT2D eigenvalue weighted by atomic mass is 9.88. The van der Waals surface area contributed by atoms with E-state index in [1.54, 1.807) is 12.4 Å². The van der Waals surface area contributed by atoms with Gasteiger partial charge in [0.05, 0.1) is 24.6 Å². The second kappa shape index (κ2) is 6.53. The summed E-state index contributed by atoms with van der Waals surface area (Å²) in [6, 6.07) is 3.85. The third-order valence-electron chi connectivity index (χ3n) is 5.04. The zero-order chi connectivity index (χ0) is 16.4. The molecule has 6 heteroatoms. The van der Waals surface area contributed by atoms with Gasteiger partial charge in [-0.25, -0.2) is 0 Å². The quantitative estimate of drug-likeness (QED) is 0.859. The molecule has 0 aromatic carbocycles. The summed E-state index contributed by atoms with van der Waals surface area (Å²) >= 11 is 0. The summed E-state index contributed by atoms with van der Waals surface area (Å²) < 4.78 is 14.1. The summed E-state index contributed by atoms with van der Waals surface area (Å²) in [4.78, 5) is 6.59. The average molecular weight is 328 g/mol. The van der Waals surface area contributed by atoms with Crippen molar-refractivity contribution in [2.24, 2.45) is 7.05 Å². The third-order valence-corrected chi connectivity index (χ3v) is 5.04. The molecule has 0 aliphatic carbocycles. The fourth-order valence-electron chi connectivity index (χ4n) is 3.77. The van der Waals surface area contributed by atoms with Crippen LogP contribution in [0.3, 0.4) is 0 Å². The first kappa shape index (κ1) is 15.6. The number of hydrogen-bond donors (Lipinski definition) is 0. The summed E-state index contributed by atoms with van der Waals surface area (Å²) in [7, 11) is 1.96. The average Bonchev–Trinajstić information content (AvgIpc) is 3.18. The van der Waals surface area contributed by atoms with Crippen molar-refractivity contribution in [2.45, 2.75) is 37.5 Å². The largest absolute Gasteiger partial charge is 0.486 e. The molecule has 4 heterocycles. The Morgan fingerprint density at radius 1 is 1.33 bits per heavy atom. The van der Waals surface area contributed by atoms with E-state index in [1.165, 1.54) is 5.56 Å². The molecule has 128 valence electrons. The molecule has 0 N–H and O–H groups in total. The molecule has 6 nitrogen and oxygen atoms in total. The smallest absolute Gasteiger partial charge is 0.138 e. The molecule has 24 heavy (non-hydrogen) atoms. The zero-order valence-electron chi connectivity index (χ0n) is 14.1. The van der Waals surface area contributed by atoms with Gasteiger partial charge in [-0.05, 0) is 25.0 Å². The normalized spacial score (nSPS) is 23.6. The summed E-state index contributed by atoms with van der Waals surface area (Å²) in [6.07, 6.45) is 10.8. The molecule has 0 radical (unpaired) electrons. The van der Waals surface area contributed by atoms with Gasteiger partial charge in [-0.15, -0.1) is 0 Å². The highest BCUT2D eigenvalue weighted by atomic mass is 16.6. The molecule has 2 fully saturated rings. The van der Waals surface area contributed by atoms with Crippen LogP contribution < -0.4 is 4.74 Å². The number of ether oxygens (including phenoxy) is 2. The molecule has 0 saturated carbocycles. The van der Waals surface area contributed by atoms with Crippen LogP contribution >= 0.6 is 0 Å². The van der Waals surface area contributed by atoms with E-state index >= 15 is 0 Å². The van der Waals surface area contributed by atoms with Gasteiger partial charge in [0.25, 0.3) is 0 Å². The van der Waals surface area contributed by atoms with E-state index in [-0.39, 0.29) is 11.7 Å². The van der Waals surface area contributed by atoms with E-state index < -0.39 is 0 Å². The van der Waals surface area contributed by atoms with Crippen molar-refractivity contribution in [1.29, 1.82) is 0 Å². The van der Waals surface area contributed by atoms with Crippen molar-refractivity contribution in [2.75, 3.05) is 19.7 Å². The molecule has 2 saturated heterocycles. The Kier molecular flexibility index (Phi) is 4.24. The fourth-order valence-corrected chi connectivity index (χ4v) is 3.77. The molecule has 4 rings (SSSR count). The van der Waals surface area contributed by atoms with Crippen molar-refractivity contribution in [3.05, 3.63) is 42.5 Å². The van der Waals surface area contributed by atoms with Crippen molar-refractivity contribution >= 4 is 0 Å².